The van der Waals surface area contributed by atoms with E-state index in [9.17, 15) is 4.79 Å². The van der Waals surface area contributed by atoms with E-state index in [2.05, 4.69) is 59.3 Å². The Morgan fingerprint density at radius 1 is 0.950 bits per heavy atom. The van der Waals surface area contributed by atoms with Gasteiger partial charge in [-0.15, -0.1) is 0 Å². The second-order valence-electron chi connectivity index (χ2n) is 12.6. The molecule has 1 amide bonds. The summed E-state index contributed by atoms with van der Waals surface area (Å²) in [7, 11) is 0. The summed E-state index contributed by atoms with van der Waals surface area (Å²) in [5.74, 6) is 0.0108. The number of nitrogens with zero attached hydrogens (tertiary/aromatic N) is 3. The maximum Gasteiger partial charge on any atom is 0.252 e. The van der Waals surface area contributed by atoms with Crippen molar-refractivity contribution in [3.8, 4) is 11.3 Å². The summed E-state index contributed by atoms with van der Waals surface area (Å²) in [6, 6.07) is 19.3. The van der Waals surface area contributed by atoms with Crippen LogP contribution < -0.4 is 5.32 Å². The van der Waals surface area contributed by atoms with Crippen LogP contribution >= 0.6 is 0 Å². The summed E-state index contributed by atoms with van der Waals surface area (Å²) >= 11 is 0. The smallest absolute Gasteiger partial charge is 0.252 e. The van der Waals surface area contributed by atoms with Crippen LogP contribution in [0.3, 0.4) is 0 Å². The molecule has 212 valence electrons. The highest BCUT2D eigenvalue weighted by atomic mass is 16.5. The molecule has 3 aromatic rings. The van der Waals surface area contributed by atoms with Crippen LogP contribution in [0, 0.1) is 0 Å². The number of benzene rings is 2. The highest BCUT2D eigenvalue weighted by Crippen LogP contribution is 2.33. The number of aromatic nitrogens is 1. The van der Waals surface area contributed by atoms with E-state index in [1.807, 2.05) is 24.3 Å². The van der Waals surface area contributed by atoms with E-state index < -0.39 is 0 Å². The van der Waals surface area contributed by atoms with E-state index in [0.717, 1.165) is 65.8 Å². The lowest BCUT2D eigenvalue weighted by Crippen LogP contribution is -2.47. The molecule has 3 aliphatic rings. The molecule has 2 aromatic carbocycles. The van der Waals surface area contributed by atoms with Crippen molar-refractivity contribution in [2.24, 2.45) is 0 Å². The van der Waals surface area contributed by atoms with Crippen LogP contribution in [0.25, 0.3) is 22.2 Å². The van der Waals surface area contributed by atoms with Crippen molar-refractivity contribution in [1.82, 2.24) is 20.1 Å². The molecule has 0 radical (unpaired) electrons. The average molecular weight is 541 g/mol. The SMILES string of the molecule is CC1(C)CC(NC(=O)c2c(CN3CCC(N4CCCCC4)CC3)c(-c3ccccc3)nc3ccccc23)CCO1. The lowest BCUT2D eigenvalue weighted by atomic mass is 9.92. The second-order valence-corrected chi connectivity index (χ2v) is 12.6. The number of fused-ring (bicyclic) bond motifs is 1. The molecule has 0 spiro atoms. The fraction of sp³-hybridized carbons (Fsp3) is 0.529. The van der Waals surface area contributed by atoms with Crippen molar-refractivity contribution in [1.29, 1.82) is 0 Å². The van der Waals surface area contributed by atoms with E-state index in [0.29, 0.717) is 12.6 Å². The standard InChI is InChI=1S/C34H44N4O2/c1-34(2)23-26(17-22-40-34)35-33(39)31-28-13-7-8-14-30(28)36-32(25-11-5-3-6-12-25)29(31)24-37-20-15-27(16-21-37)38-18-9-4-10-19-38/h3,5-8,11-14,26-27H,4,9-10,15-24H2,1-2H3,(H,35,39). The number of para-hydroxylation sites is 1. The third-order valence-corrected chi connectivity index (χ3v) is 9.15. The summed E-state index contributed by atoms with van der Waals surface area (Å²) in [5.41, 5.74) is 4.46. The number of likely N-dealkylation sites (tertiary alicyclic amines) is 2. The van der Waals surface area contributed by atoms with Crippen LogP contribution in [0.5, 0.6) is 0 Å². The molecule has 1 atom stereocenters. The van der Waals surface area contributed by atoms with Crippen molar-refractivity contribution in [3.05, 3.63) is 65.7 Å². The van der Waals surface area contributed by atoms with Gasteiger partial charge in [0.05, 0.1) is 22.4 Å². The van der Waals surface area contributed by atoms with Crippen molar-refractivity contribution in [2.75, 3.05) is 32.8 Å². The molecule has 6 rings (SSSR count). The first kappa shape index (κ1) is 27.4. The highest BCUT2D eigenvalue weighted by molar-refractivity contribution is 6.09. The van der Waals surface area contributed by atoms with Gasteiger partial charge in [-0.3, -0.25) is 9.69 Å². The molecule has 3 aliphatic heterocycles. The van der Waals surface area contributed by atoms with E-state index in [-0.39, 0.29) is 17.6 Å². The highest BCUT2D eigenvalue weighted by Gasteiger charge is 2.32. The van der Waals surface area contributed by atoms with Gasteiger partial charge in [0.2, 0.25) is 0 Å². The first-order valence-electron chi connectivity index (χ1n) is 15.4. The third-order valence-electron chi connectivity index (χ3n) is 9.15. The number of hydrogen-bond donors (Lipinski definition) is 1. The number of ether oxygens (including phenoxy) is 1. The van der Waals surface area contributed by atoms with Gasteiger partial charge in [0.1, 0.15) is 0 Å². The Balaban J connectivity index is 1.34. The molecule has 1 aromatic heterocycles. The average Bonchev–Trinajstić information content (AvgIpc) is 2.97. The maximum atomic E-state index is 14.2. The number of pyridine rings is 1. The number of piperidine rings is 2. The molecule has 6 heteroatoms. The molecule has 40 heavy (non-hydrogen) atoms. The lowest BCUT2D eigenvalue weighted by Gasteiger charge is -2.40. The largest absolute Gasteiger partial charge is 0.375 e. The molecule has 0 aliphatic carbocycles. The number of carbonyl (C=O) groups excluding carboxylic acids is 1. The van der Waals surface area contributed by atoms with E-state index in [1.54, 1.807) is 0 Å². The molecule has 3 saturated heterocycles. The normalized spacial score (nSPS) is 22.8. The zero-order chi connectivity index (χ0) is 27.5. The Labute approximate surface area is 239 Å². The number of amides is 1. The third kappa shape index (κ3) is 6.09. The van der Waals surface area contributed by atoms with Gasteiger partial charge < -0.3 is 15.0 Å². The molecule has 1 unspecified atom stereocenters. The summed E-state index contributed by atoms with van der Waals surface area (Å²) in [4.78, 5) is 24.7. The Morgan fingerprint density at radius 3 is 2.42 bits per heavy atom. The van der Waals surface area contributed by atoms with Crippen LogP contribution in [-0.2, 0) is 11.3 Å². The minimum absolute atomic E-state index is 0.0108. The van der Waals surface area contributed by atoms with E-state index >= 15 is 0 Å². The van der Waals surface area contributed by atoms with Crippen LogP contribution in [-0.4, -0.2) is 71.2 Å². The minimum Gasteiger partial charge on any atom is -0.375 e. The fourth-order valence-corrected chi connectivity index (χ4v) is 7.06. The van der Waals surface area contributed by atoms with Crippen molar-refractivity contribution in [3.63, 3.8) is 0 Å². The van der Waals surface area contributed by atoms with Gasteiger partial charge in [0.25, 0.3) is 5.91 Å². The Bertz CT molecular complexity index is 1310. The van der Waals surface area contributed by atoms with Crippen molar-refractivity contribution >= 4 is 16.8 Å². The molecule has 0 bridgehead atoms. The Hall–Kier alpha value is -2.80. The second kappa shape index (κ2) is 12.0. The van der Waals surface area contributed by atoms with Crippen LogP contribution in [0.15, 0.2) is 54.6 Å². The number of nitrogens with one attached hydrogen (secondary N) is 1. The number of rotatable bonds is 6. The summed E-state index contributed by atoms with van der Waals surface area (Å²) in [6.07, 6.45) is 8.09. The number of carbonyl (C=O) groups is 1. The molecular weight excluding hydrogens is 496 g/mol. The first-order valence-corrected chi connectivity index (χ1v) is 15.4. The zero-order valence-corrected chi connectivity index (χ0v) is 24.2. The summed E-state index contributed by atoms with van der Waals surface area (Å²) < 4.78 is 5.94. The first-order chi connectivity index (χ1) is 19.5. The quantitative estimate of drug-likeness (QED) is 0.413. The van der Waals surface area contributed by atoms with Gasteiger partial charge in [-0.1, -0.05) is 55.0 Å². The molecule has 4 heterocycles. The van der Waals surface area contributed by atoms with Gasteiger partial charge in [-0.05, 0) is 84.6 Å². The van der Waals surface area contributed by atoms with E-state index in [4.69, 9.17) is 9.72 Å². The van der Waals surface area contributed by atoms with Crippen molar-refractivity contribution < 1.29 is 9.53 Å². The minimum atomic E-state index is -0.229. The van der Waals surface area contributed by atoms with Gasteiger partial charge >= 0.3 is 0 Å². The van der Waals surface area contributed by atoms with Gasteiger partial charge in [0.15, 0.2) is 0 Å². The van der Waals surface area contributed by atoms with Crippen LogP contribution in [0.2, 0.25) is 0 Å². The van der Waals surface area contributed by atoms with Crippen molar-refractivity contribution in [2.45, 2.75) is 83.0 Å². The van der Waals surface area contributed by atoms with Crippen LogP contribution in [0.1, 0.15) is 74.7 Å². The monoisotopic (exact) mass is 540 g/mol. The summed E-state index contributed by atoms with van der Waals surface area (Å²) in [5, 5.41) is 4.35. The Morgan fingerprint density at radius 2 is 1.68 bits per heavy atom. The van der Waals surface area contributed by atoms with Gasteiger partial charge in [-0.2, -0.15) is 0 Å². The van der Waals surface area contributed by atoms with E-state index in [1.165, 1.54) is 45.2 Å². The number of hydrogen-bond acceptors (Lipinski definition) is 5. The van der Waals surface area contributed by atoms with Gasteiger partial charge in [0, 0.05) is 41.7 Å². The molecule has 6 nitrogen and oxygen atoms in total. The lowest BCUT2D eigenvalue weighted by molar-refractivity contribution is -0.0615. The molecule has 1 N–H and O–H groups in total. The van der Waals surface area contributed by atoms with Crippen LogP contribution in [0.4, 0.5) is 0 Å². The van der Waals surface area contributed by atoms with Gasteiger partial charge in [-0.25, -0.2) is 4.98 Å². The fourth-order valence-electron chi connectivity index (χ4n) is 7.06. The molecular formula is C34H44N4O2. The topological polar surface area (TPSA) is 57.7 Å². The summed E-state index contributed by atoms with van der Waals surface area (Å²) in [6.45, 7) is 10.2. The Kier molecular flexibility index (Phi) is 8.20. The predicted molar refractivity (Wildman–Crippen MR) is 161 cm³/mol. The predicted octanol–water partition coefficient (Wildman–Crippen LogP) is 6.04. The maximum absolute atomic E-state index is 14.2. The molecule has 3 fully saturated rings. The molecule has 0 saturated carbocycles. The zero-order valence-electron chi connectivity index (χ0n) is 24.2.